The lowest BCUT2D eigenvalue weighted by Gasteiger charge is -2.36. The molecule has 2 nitrogen and oxygen atoms in total. The Bertz CT molecular complexity index is 794. The molecule has 0 aromatic heterocycles. The Morgan fingerprint density at radius 2 is 0.918 bits per heavy atom. The summed E-state index contributed by atoms with van der Waals surface area (Å²) >= 11 is 0. The molecular formula is C47H87NO. The molecule has 3 atom stereocenters. The Kier molecular flexibility index (Phi) is 33.0. The predicted octanol–water partition coefficient (Wildman–Crippen LogP) is 15.3. The molecule has 0 bridgehead atoms. The predicted molar refractivity (Wildman–Crippen MR) is 221 cm³/mol. The number of carbonyl (C=O) groups is 1. The minimum Gasteiger partial charge on any atom is -0.306 e. The van der Waals surface area contributed by atoms with Crippen molar-refractivity contribution in [3.8, 4) is 0 Å². The number of hydrogen-bond donors (Lipinski definition) is 0. The quantitative estimate of drug-likeness (QED) is 0.0490. The zero-order valence-corrected chi connectivity index (χ0v) is 33.9. The van der Waals surface area contributed by atoms with Crippen molar-refractivity contribution in [3.05, 3.63) is 36.5 Å². The van der Waals surface area contributed by atoms with Gasteiger partial charge < -0.3 is 4.90 Å². The van der Waals surface area contributed by atoms with Crippen LogP contribution in [0.2, 0.25) is 0 Å². The van der Waals surface area contributed by atoms with Crippen molar-refractivity contribution in [2.45, 2.75) is 232 Å². The van der Waals surface area contributed by atoms with Gasteiger partial charge in [0.05, 0.1) is 0 Å². The molecule has 3 unspecified atom stereocenters. The molecular weight excluding hydrogens is 595 g/mol. The van der Waals surface area contributed by atoms with Gasteiger partial charge in [-0.15, -0.1) is 0 Å². The summed E-state index contributed by atoms with van der Waals surface area (Å²) in [6.45, 7) is 4.56. The number of allylic oxidation sites excluding steroid dienone is 6. The van der Waals surface area contributed by atoms with Crippen molar-refractivity contribution in [2.24, 2.45) is 11.8 Å². The van der Waals surface area contributed by atoms with Gasteiger partial charge in [-0.1, -0.05) is 185 Å². The maximum absolute atomic E-state index is 13.6. The number of carbonyl (C=O) groups excluding carboxylic acids is 1. The summed E-state index contributed by atoms with van der Waals surface area (Å²) in [6.07, 6.45) is 57.3. The van der Waals surface area contributed by atoms with E-state index >= 15 is 0 Å². The molecule has 0 amide bonds. The maximum Gasteiger partial charge on any atom is 0.137 e. The minimum atomic E-state index is 0.280. The van der Waals surface area contributed by atoms with Crippen LogP contribution in [-0.4, -0.2) is 30.8 Å². The van der Waals surface area contributed by atoms with E-state index in [1.54, 1.807) is 0 Å². The van der Waals surface area contributed by atoms with E-state index in [0.29, 0.717) is 17.7 Å². The number of nitrogens with zero attached hydrogens (tertiary/aromatic N) is 1. The van der Waals surface area contributed by atoms with Crippen molar-refractivity contribution < 1.29 is 4.79 Å². The van der Waals surface area contributed by atoms with E-state index in [1.165, 1.54) is 193 Å². The molecule has 0 spiro atoms. The number of hydrogen-bond acceptors (Lipinski definition) is 2. The fourth-order valence-corrected chi connectivity index (χ4v) is 7.99. The highest BCUT2D eigenvalue weighted by atomic mass is 16.1. The molecule has 1 aliphatic rings. The van der Waals surface area contributed by atoms with Gasteiger partial charge in [-0.05, 0) is 90.6 Å². The van der Waals surface area contributed by atoms with Gasteiger partial charge in [-0.25, -0.2) is 0 Å². The highest BCUT2D eigenvalue weighted by Gasteiger charge is 2.32. The molecule has 2 heteroatoms. The highest BCUT2D eigenvalue weighted by molar-refractivity contribution is 5.82. The van der Waals surface area contributed by atoms with Gasteiger partial charge in [0.2, 0.25) is 0 Å². The summed E-state index contributed by atoms with van der Waals surface area (Å²) in [4.78, 5) is 16.0. The maximum atomic E-state index is 13.6. The molecule has 0 aliphatic heterocycles. The molecule has 0 N–H and O–H groups in total. The van der Waals surface area contributed by atoms with Crippen molar-refractivity contribution in [1.82, 2.24) is 4.90 Å². The zero-order chi connectivity index (χ0) is 35.5. The second-order valence-corrected chi connectivity index (χ2v) is 16.1. The van der Waals surface area contributed by atoms with Gasteiger partial charge >= 0.3 is 0 Å². The van der Waals surface area contributed by atoms with Gasteiger partial charge in [0.15, 0.2) is 0 Å². The largest absolute Gasteiger partial charge is 0.306 e. The number of unbranched alkanes of at least 4 members (excludes halogenated alkanes) is 21. The smallest absolute Gasteiger partial charge is 0.137 e. The van der Waals surface area contributed by atoms with E-state index in [9.17, 15) is 4.79 Å². The third-order valence-electron chi connectivity index (χ3n) is 11.2. The first-order valence-corrected chi connectivity index (χ1v) is 22.2. The third kappa shape index (κ3) is 28.2. The van der Waals surface area contributed by atoms with Crippen LogP contribution < -0.4 is 0 Å². The number of rotatable bonds is 35. The van der Waals surface area contributed by atoms with Gasteiger partial charge in [0.1, 0.15) is 5.78 Å². The summed E-state index contributed by atoms with van der Waals surface area (Å²) in [5.41, 5.74) is 0. The lowest BCUT2D eigenvalue weighted by atomic mass is 9.77. The molecule has 1 rings (SSSR count). The molecule has 0 radical (unpaired) electrons. The minimum absolute atomic E-state index is 0.280. The van der Waals surface area contributed by atoms with E-state index in [2.05, 4.69) is 69.3 Å². The van der Waals surface area contributed by atoms with Crippen LogP contribution in [0, 0.1) is 11.8 Å². The summed E-state index contributed by atoms with van der Waals surface area (Å²) in [7, 11) is 4.37. The Morgan fingerprint density at radius 1 is 0.531 bits per heavy atom. The second-order valence-electron chi connectivity index (χ2n) is 16.1. The second kappa shape index (κ2) is 35.3. The van der Waals surface area contributed by atoms with Gasteiger partial charge in [0, 0.05) is 18.4 Å². The molecule has 1 saturated carbocycles. The SMILES string of the molecule is CCCCC/C=C\C/C=C\CCCCCCCCC(CCCCCCCC/C=C\CCCCCCCC)CC(=O)C1CCCCC1N(C)C. The van der Waals surface area contributed by atoms with Crippen LogP contribution in [0.25, 0.3) is 0 Å². The van der Waals surface area contributed by atoms with Crippen LogP contribution in [-0.2, 0) is 4.79 Å². The average Bonchev–Trinajstić information content (AvgIpc) is 3.11. The Morgan fingerprint density at radius 3 is 1.41 bits per heavy atom. The molecule has 1 aliphatic carbocycles. The van der Waals surface area contributed by atoms with Crippen molar-refractivity contribution in [3.63, 3.8) is 0 Å². The molecule has 0 saturated heterocycles. The van der Waals surface area contributed by atoms with Crippen LogP contribution in [0.1, 0.15) is 226 Å². The summed E-state index contributed by atoms with van der Waals surface area (Å²) in [5, 5.41) is 0. The summed E-state index contributed by atoms with van der Waals surface area (Å²) in [5.74, 6) is 1.48. The fraction of sp³-hybridized carbons (Fsp3) is 0.851. The van der Waals surface area contributed by atoms with E-state index < -0.39 is 0 Å². The van der Waals surface area contributed by atoms with Crippen LogP contribution >= 0.6 is 0 Å². The van der Waals surface area contributed by atoms with Crippen LogP contribution in [0.15, 0.2) is 36.5 Å². The first-order valence-electron chi connectivity index (χ1n) is 22.2. The monoisotopic (exact) mass is 682 g/mol. The van der Waals surface area contributed by atoms with E-state index in [4.69, 9.17) is 0 Å². The Balaban J connectivity index is 2.25. The van der Waals surface area contributed by atoms with Crippen LogP contribution in [0.4, 0.5) is 0 Å². The number of Topliss-reactive ketones (excluding diaryl/α,β-unsaturated/α-hetero) is 1. The zero-order valence-electron chi connectivity index (χ0n) is 33.9. The standard InChI is InChI=1S/C47H87NO/c1-5-7-9-11-13-15-17-19-21-23-25-27-29-31-33-35-39-44(43-47(49)45-41-37-38-42-46(45)48(3)4)40-36-34-32-30-28-26-24-22-20-18-16-14-12-10-8-6-2/h13,15,19-22,44-46H,5-12,14,16-18,23-43H2,1-4H3/b15-13-,21-19-,22-20-. The Hall–Kier alpha value is -1.15. The third-order valence-corrected chi connectivity index (χ3v) is 11.2. The van der Waals surface area contributed by atoms with Crippen LogP contribution in [0.5, 0.6) is 0 Å². The molecule has 286 valence electrons. The molecule has 0 aromatic carbocycles. The van der Waals surface area contributed by atoms with Gasteiger partial charge in [-0.2, -0.15) is 0 Å². The first kappa shape index (κ1) is 45.9. The van der Waals surface area contributed by atoms with Crippen LogP contribution in [0.3, 0.4) is 0 Å². The highest BCUT2D eigenvalue weighted by Crippen LogP contribution is 2.32. The molecule has 1 fully saturated rings. The van der Waals surface area contributed by atoms with Crippen molar-refractivity contribution >= 4 is 5.78 Å². The van der Waals surface area contributed by atoms with Gasteiger partial charge in [-0.3, -0.25) is 4.79 Å². The van der Waals surface area contributed by atoms with E-state index in [1.807, 2.05) is 0 Å². The normalized spacial score (nSPS) is 17.7. The summed E-state index contributed by atoms with van der Waals surface area (Å²) in [6, 6.07) is 0.467. The van der Waals surface area contributed by atoms with Crippen molar-refractivity contribution in [1.29, 1.82) is 0 Å². The average molecular weight is 682 g/mol. The molecule has 49 heavy (non-hydrogen) atoms. The van der Waals surface area contributed by atoms with Gasteiger partial charge in [0.25, 0.3) is 0 Å². The topological polar surface area (TPSA) is 20.3 Å². The summed E-state index contributed by atoms with van der Waals surface area (Å²) < 4.78 is 0. The van der Waals surface area contributed by atoms with Crippen molar-refractivity contribution in [2.75, 3.05) is 14.1 Å². The first-order chi connectivity index (χ1) is 24.1. The van der Waals surface area contributed by atoms with E-state index in [-0.39, 0.29) is 5.92 Å². The molecule has 0 aromatic rings. The lowest BCUT2D eigenvalue weighted by molar-refractivity contribution is -0.127. The lowest BCUT2D eigenvalue weighted by Crippen LogP contribution is -2.41. The van der Waals surface area contributed by atoms with E-state index in [0.717, 1.165) is 19.3 Å². The molecule has 0 heterocycles. The Labute approximate surface area is 308 Å². The number of ketones is 1. The fourth-order valence-electron chi connectivity index (χ4n) is 7.99.